The average Bonchev–Trinajstić information content (AvgIpc) is 2.76. The summed E-state index contributed by atoms with van der Waals surface area (Å²) in [5.74, 6) is 0.605. The Kier molecular flexibility index (Phi) is 6.70. The highest BCUT2D eigenvalue weighted by atomic mass is 35.5. The molecule has 1 N–H and O–H groups in total. The van der Waals surface area contributed by atoms with Crippen molar-refractivity contribution in [1.82, 2.24) is 4.90 Å². The molecule has 0 aromatic heterocycles. The molecule has 1 aliphatic rings. The Bertz CT molecular complexity index is 543. The molecule has 0 radical (unpaired) electrons. The Balaban J connectivity index is 1.95. The summed E-state index contributed by atoms with van der Waals surface area (Å²) in [4.78, 5) is 14.2. The molecule has 0 aliphatic carbocycles. The second-order valence-corrected chi connectivity index (χ2v) is 7.52. The minimum atomic E-state index is -0.896. The van der Waals surface area contributed by atoms with Gasteiger partial charge in [0.15, 0.2) is 0 Å². The van der Waals surface area contributed by atoms with E-state index in [1.807, 2.05) is 17.0 Å². The third-order valence-electron chi connectivity index (χ3n) is 3.79. The molecule has 2 rings (SSSR count). The predicted octanol–water partition coefficient (Wildman–Crippen LogP) is 3.03. The number of carbonyl (C=O) groups excluding carboxylic acids is 1. The molecule has 1 aromatic rings. The highest BCUT2D eigenvalue weighted by molar-refractivity contribution is 7.83. The van der Waals surface area contributed by atoms with Crippen molar-refractivity contribution >= 4 is 34.0 Å². The molecule has 1 aromatic carbocycles. The van der Waals surface area contributed by atoms with Crippen LogP contribution in [-0.2, 0) is 21.3 Å². The molecular weight excluding hydrogens is 320 g/mol. The van der Waals surface area contributed by atoms with Gasteiger partial charge in [-0.3, -0.25) is 9.00 Å². The van der Waals surface area contributed by atoms with E-state index in [1.54, 1.807) is 12.3 Å². The fourth-order valence-electron chi connectivity index (χ4n) is 2.64. The molecule has 1 heterocycles. The third kappa shape index (κ3) is 5.29. The van der Waals surface area contributed by atoms with Gasteiger partial charge in [-0.15, -0.1) is 0 Å². The first-order valence-electron chi connectivity index (χ1n) is 7.66. The maximum atomic E-state index is 12.3. The largest absolute Gasteiger partial charge is 0.375 e. The molecule has 1 saturated heterocycles. The first-order valence-corrected chi connectivity index (χ1v) is 9.77. The number of nitrogens with zero attached hydrogens (tertiary/aromatic N) is 1. The molecule has 0 unspecified atom stereocenters. The van der Waals surface area contributed by atoms with E-state index in [9.17, 15) is 9.00 Å². The molecule has 0 saturated carbocycles. The Labute approximate surface area is 139 Å². The van der Waals surface area contributed by atoms with E-state index in [2.05, 4.69) is 5.32 Å². The number of likely N-dealkylation sites (tertiary alicyclic amines) is 1. The summed E-state index contributed by atoms with van der Waals surface area (Å²) >= 11 is 6.16. The highest BCUT2D eigenvalue weighted by Gasteiger charge is 2.15. The lowest BCUT2D eigenvalue weighted by Gasteiger charge is -2.21. The second-order valence-electron chi connectivity index (χ2n) is 5.68. The fourth-order valence-corrected chi connectivity index (χ4v) is 3.47. The topological polar surface area (TPSA) is 49.4 Å². The SMILES string of the molecule is C[S@@](=O)Cc1ccc(Cl)c(NCC(=O)N2CCCCCC2)c1. The zero-order valence-corrected chi connectivity index (χ0v) is 14.5. The Morgan fingerprint density at radius 2 is 1.95 bits per heavy atom. The van der Waals surface area contributed by atoms with Gasteiger partial charge in [-0.1, -0.05) is 30.5 Å². The van der Waals surface area contributed by atoms with E-state index in [-0.39, 0.29) is 12.5 Å². The molecule has 0 spiro atoms. The second kappa shape index (κ2) is 8.53. The van der Waals surface area contributed by atoms with Crippen LogP contribution in [0.5, 0.6) is 0 Å². The lowest BCUT2D eigenvalue weighted by atomic mass is 10.2. The maximum Gasteiger partial charge on any atom is 0.241 e. The van der Waals surface area contributed by atoms with Crippen LogP contribution in [0.15, 0.2) is 18.2 Å². The number of carbonyl (C=O) groups is 1. The number of benzene rings is 1. The van der Waals surface area contributed by atoms with Crippen LogP contribution >= 0.6 is 11.6 Å². The minimum Gasteiger partial charge on any atom is -0.375 e. The first-order chi connectivity index (χ1) is 10.6. The lowest BCUT2D eigenvalue weighted by molar-refractivity contribution is -0.129. The molecule has 1 atom stereocenters. The number of halogens is 1. The van der Waals surface area contributed by atoms with Gasteiger partial charge in [0.1, 0.15) is 0 Å². The number of nitrogens with one attached hydrogen (secondary N) is 1. The first kappa shape index (κ1) is 17.3. The van der Waals surface area contributed by atoms with Gasteiger partial charge < -0.3 is 10.2 Å². The van der Waals surface area contributed by atoms with Crippen molar-refractivity contribution in [1.29, 1.82) is 0 Å². The van der Waals surface area contributed by atoms with Gasteiger partial charge in [0.2, 0.25) is 5.91 Å². The van der Waals surface area contributed by atoms with E-state index < -0.39 is 10.8 Å². The van der Waals surface area contributed by atoms with Crippen LogP contribution in [-0.4, -0.2) is 40.9 Å². The van der Waals surface area contributed by atoms with Crippen molar-refractivity contribution in [2.75, 3.05) is 31.2 Å². The number of anilines is 1. The van der Waals surface area contributed by atoms with Crippen molar-refractivity contribution in [3.8, 4) is 0 Å². The Hall–Kier alpha value is -1.07. The summed E-state index contributed by atoms with van der Waals surface area (Å²) in [6, 6.07) is 5.52. The van der Waals surface area contributed by atoms with E-state index in [4.69, 9.17) is 11.6 Å². The van der Waals surface area contributed by atoms with E-state index >= 15 is 0 Å². The van der Waals surface area contributed by atoms with Crippen LogP contribution < -0.4 is 5.32 Å². The van der Waals surface area contributed by atoms with Crippen molar-refractivity contribution in [2.45, 2.75) is 31.4 Å². The summed E-state index contributed by atoms with van der Waals surface area (Å²) in [6.45, 7) is 1.95. The molecule has 1 fully saturated rings. The quantitative estimate of drug-likeness (QED) is 0.894. The molecule has 1 aliphatic heterocycles. The highest BCUT2D eigenvalue weighted by Crippen LogP contribution is 2.23. The molecular formula is C16H23ClN2O2S. The monoisotopic (exact) mass is 342 g/mol. The third-order valence-corrected chi connectivity index (χ3v) is 4.86. The summed E-state index contributed by atoms with van der Waals surface area (Å²) in [5.41, 5.74) is 1.68. The number of hydrogen-bond donors (Lipinski definition) is 1. The zero-order chi connectivity index (χ0) is 15.9. The Morgan fingerprint density at radius 3 is 2.59 bits per heavy atom. The van der Waals surface area contributed by atoms with Crippen LogP contribution in [0, 0.1) is 0 Å². The van der Waals surface area contributed by atoms with E-state index in [1.165, 1.54) is 12.8 Å². The molecule has 4 nitrogen and oxygen atoms in total. The zero-order valence-electron chi connectivity index (χ0n) is 12.9. The summed E-state index contributed by atoms with van der Waals surface area (Å²) in [6.07, 6.45) is 6.26. The molecule has 122 valence electrons. The van der Waals surface area contributed by atoms with Crippen LogP contribution in [0.3, 0.4) is 0 Å². The molecule has 6 heteroatoms. The molecule has 0 bridgehead atoms. The minimum absolute atomic E-state index is 0.113. The van der Waals surface area contributed by atoms with Crippen LogP contribution in [0.25, 0.3) is 0 Å². The van der Waals surface area contributed by atoms with Gasteiger partial charge in [-0.05, 0) is 30.5 Å². The van der Waals surface area contributed by atoms with Gasteiger partial charge in [-0.2, -0.15) is 0 Å². The molecule has 22 heavy (non-hydrogen) atoms. The normalized spacial score (nSPS) is 16.9. The summed E-state index contributed by atoms with van der Waals surface area (Å²) in [7, 11) is -0.896. The van der Waals surface area contributed by atoms with Gasteiger partial charge >= 0.3 is 0 Å². The smallest absolute Gasteiger partial charge is 0.241 e. The predicted molar refractivity (Wildman–Crippen MR) is 92.8 cm³/mol. The van der Waals surface area contributed by atoms with Gasteiger partial charge in [-0.25, -0.2) is 0 Å². The summed E-state index contributed by atoms with van der Waals surface area (Å²) in [5, 5.41) is 3.70. The van der Waals surface area contributed by atoms with Crippen molar-refractivity contribution in [3.05, 3.63) is 28.8 Å². The molecule has 1 amide bonds. The van der Waals surface area contributed by atoms with Crippen LogP contribution in [0.4, 0.5) is 5.69 Å². The number of rotatable bonds is 5. The van der Waals surface area contributed by atoms with Crippen molar-refractivity contribution in [3.63, 3.8) is 0 Å². The standard InChI is InChI=1S/C16H23ClN2O2S/c1-22(21)12-13-6-7-14(17)15(10-13)18-11-16(20)19-8-4-2-3-5-9-19/h6-7,10,18H,2-5,8-9,11-12H2,1H3/t22-/m1/s1. The lowest BCUT2D eigenvalue weighted by Crippen LogP contribution is -2.36. The maximum absolute atomic E-state index is 12.3. The van der Waals surface area contributed by atoms with Gasteiger partial charge in [0.25, 0.3) is 0 Å². The van der Waals surface area contributed by atoms with Gasteiger partial charge in [0.05, 0.1) is 17.3 Å². The van der Waals surface area contributed by atoms with Crippen LogP contribution in [0.2, 0.25) is 5.02 Å². The van der Waals surface area contributed by atoms with Crippen LogP contribution in [0.1, 0.15) is 31.2 Å². The van der Waals surface area contributed by atoms with E-state index in [0.29, 0.717) is 10.8 Å². The van der Waals surface area contributed by atoms with Crippen molar-refractivity contribution in [2.24, 2.45) is 0 Å². The summed E-state index contributed by atoms with van der Waals surface area (Å²) < 4.78 is 11.3. The van der Waals surface area contributed by atoms with Gasteiger partial charge in [0, 0.05) is 35.9 Å². The number of hydrogen-bond acceptors (Lipinski definition) is 3. The van der Waals surface area contributed by atoms with E-state index in [0.717, 1.165) is 37.2 Å². The average molecular weight is 343 g/mol. The number of amides is 1. The Morgan fingerprint density at radius 1 is 1.27 bits per heavy atom. The fraction of sp³-hybridized carbons (Fsp3) is 0.562. The van der Waals surface area contributed by atoms with Crippen molar-refractivity contribution < 1.29 is 9.00 Å².